The second kappa shape index (κ2) is 5.58. The quantitative estimate of drug-likeness (QED) is 0.510. The lowest BCUT2D eigenvalue weighted by Gasteiger charge is -2.06. The van der Waals surface area contributed by atoms with Crippen LogP contribution in [0.25, 0.3) is 33.3 Å². The van der Waals surface area contributed by atoms with Crippen LogP contribution in [0, 0.1) is 0 Å². The third-order valence-electron chi connectivity index (χ3n) is 4.08. The van der Waals surface area contributed by atoms with Gasteiger partial charge in [-0.15, -0.1) is 0 Å². The third-order valence-corrected chi connectivity index (χ3v) is 4.08. The van der Waals surface area contributed by atoms with Crippen LogP contribution >= 0.6 is 0 Å². The zero-order chi connectivity index (χ0) is 15.6. The maximum atomic E-state index is 11.1. The smallest absolute Gasteiger partial charge is 0.150 e. The molecule has 0 aliphatic rings. The minimum Gasteiger partial charge on any atom is -0.354 e. The van der Waals surface area contributed by atoms with E-state index in [0.717, 1.165) is 39.6 Å². The molecule has 3 aromatic carbocycles. The standard InChI is InChI=1S/C21H15NO/c23-14-15-7-6-10-17(13-15)20-18-11-4-5-12-19(18)22-21(20)16-8-2-1-3-9-16/h1-14,22H. The minimum atomic E-state index is 0.687. The van der Waals surface area contributed by atoms with Crippen molar-refractivity contribution in [2.75, 3.05) is 0 Å². The minimum absolute atomic E-state index is 0.687. The van der Waals surface area contributed by atoms with Crippen LogP contribution in [0.3, 0.4) is 0 Å². The van der Waals surface area contributed by atoms with Crippen LogP contribution in [-0.2, 0) is 0 Å². The number of nitrogens with one attached hydrogen (secondary N) is 1. The molecule has 1 heterocycles. The van der Waals surface area contributed by atoms with Gasteiger partial charge in [0.1, 0.15) is 6.29 Å². The third kappa shape index (κ3) is 2.34. The highest BCUT2D eigenvalue weighted by molar-refractivity contribution is 6.04. The average molecular weight is 297 g/mol. The van der Waals surface area contributed by atoms with Crippen molar-refractivity contribution in [3.05, 3.63) is 84.4 Å². The van der Waals surface area contributed by atoms with E-state index in [-0.39, 0.29) is 0 Å². The van der Waals surface area contributed by atoms with Crippen molar-refractivity contribution in [1.82, 2.24) is 4.98 Å². The molecule has 0 aliphatic carbocycles. The molecule has 1 aromatic heterocycles. The number of benzene rings is 3. The van der Waals surface area contributed by atoms with Crippen LogP contribution in [0.4, 0.5) is 0 Å². The molecule has 23 heavy (non-hydrogen) atoms. The molecule has 0 unspecified atom stereocenters. The highest BCUT2D eigenvalue weighted by atomic mass is 16.1. The second-order valence-electron chi connectivity index (χ2n) is 5.53. The zero-order valence-electron chi connectivity index (χ0n) is 12.5. The summed E-state index contributed by atoms with van der Waals surface area (Å²) >= 11 is 0. The van der Waals surface area contributed by atoms with E-state index < -0.39 is 0 Å². The Kier molecular flexibility index (Phi) is 3.28. The topological polar surface area (TPSA) is 32.9 Å². The first-order valence-corrected chi connectivity index (χ1v) is 7.58. The van der Waals surface area contributed by atoms with Crippen molar-refractivity contribution >= 4 is 17.2 Å². The van der Waals surface area contributed by atoms with Gasteiger partial charge >= 0.3 is 0 Å². The fourth-order valence-electron chi connectivity index (χ4n) is 3.03. The fourth-order valence-corrected chi connectivity index (χ4v) is 3.03. The molecule has 2 heteroatoms. The van der Waals surface area contributed by atoms with Crippen LogP contribution in [0.15, 0.2) is 78.9 Å². The summed E-state index contributed by atoms with van der Waals surface area (Å²) in [7, 11) is 0. The molecule has 0 radical (unpaired) electrons. The molecule has 4 rings (SSSR count). The molecule has 1 N–H and O–H groups in total. The summed E-state index contributed by atoms with van der Waals surface area (Å²) in [5.41, 5.74) is 6.18. The average Bonchev–Trinajstić information content (AvgIpc) is 3.02. The highest BCUT2D eigenvalue weighted by Crippen LogP contribution is 2.38. The van der Waals surface area contributed by atoms with Gasteiger partial charge in [0.05, 0.1) is 5.69 Å². The molecular weight excluding hydrogens is 282 g/mol. The molecule has 0 saturated carbocycles. The van der Waals surface area contributed by atoms with Gasteiger partial charge in [0.25, 0.3) is 0 Å². The van der Waals surface area contributed by atoms with Gasteiger partial charge in [-0.1, -0.05) is 66.7 Å². The molecule has 0 bridgehead atoms. The number of hydrogen-bond donors (Lipinski definition) is 1. The van der Waals surface area contributed by atoms with Crippen LogP contribution in [0.1, 0.15) is 10.4 Å². The molecular formula is C21H15NO. The van der Waals surface area contributed by atoms with Crippen LogP contribution in [-0.4, -0.2) is 11.3 Å². The fraction of sp³-hybridized carbons (Fsp3) is 0. The Hall–Kier alpha value is -3.13. The molecule has 4 aromatic rings. The van der Waals surface area contributed by atoms with Gasteiger partial charge in [-0.2, -0.15) is 0 Å². The van der Waals surface area contributed by atoms with E-state index in [0.29, 0.717) is 5.56 Å². The Morgan fingerprint density at radius 2 is 1.48 bits per heavy atom. The summed E-state index contributed by atoms with van der Waals surface area (Å²) in [5, 5.41) is 1.16. The van der Waals surface area contributed by atoms with E-state index in [4.69, 9.17) is 0 Å². The van der Waals surface area contributed by atoms with E-state index in [1.165, 1.54) is 0 Å². The van der Waals surface area contributed by atoms with Gasteiger partial charge in [0.15, 0.2) is 0 Å². The first kappa shape index (κ1) is 13.5. The number of carbonyl (C=O) groups is 1. The second-order valence-corrected chi connectivity index (χ2v) is 5.53. The van der Waals surface area contributed by atoms with Gasteiger partial charge in [-0.05, 0) is 23.3 Å². The summed E-state index contributed by atoms with van der Waals surface area (Å²) in [4.78, 5) is 14.7. The van der Waals surface area contributed by atoms with E-state index in [9.17, 15) is 4.79 Å². The maximum Gasteiger partial charge on any atom is 0.150 e. The molecule has 0 spiro atoms. The lowest BCUT2D eigenvalue weighted by molar-refractivity contribution is 0.112. The molecule has 0 amide bonds. The lowest BCUT2D eigenvalue weighted by Crippen LogP contribution is -1.85. The predicted molar refractivity (Wildman–Crippen MR) is 94.6 cm³/mol. The van der Waals surface area contributed by atoms with Gasteiger partial charge in [0, 0.05) is 22.0 Å². The summed E-state index contributed by atoms with van der Waals surface area (Å²) in [6.07, 6.45) is 0.889. The van der Waals surface area contributed by atoms with E-state index in [1.807, 2.05) is 48.5 Å². The number of aromatic amines is 1. The van der Waals surface area contributed by atoms with Gasteiger partial charge in [-0.3, -0.25) is 4.79 Å². The number of para-hydroxylation sites is 1. The first-order valence-electron chi connectivity index (χ1n) is 7.58. The van der Waals surface area contributed by atoms with Gasteiger partial charge < -0.3 is 4.98 Å². The maximum absolute atomic E-state index is 11.1. The van der Waals surface area contributed by atoms with Gasteiger partial charge in [0.2, 0.25) is 0 Å². The Balaban J connectivity index is 2.05. The summed E-state index contributed by atoms with van der Waals surface area (Å²) < 4.78 is 0. The molecule has 2 nitrogen and oxygen atoms in total. The summed E-state index contributed by atoms with van der Waals surface area (Å²) in [6, 6.07) is 26.3. The summed E-state index contributed by atoms with van der Waals surface area (Å²) in [6.45, 7) is 0. The van der Waals surface area contributed by atoms with Crippen molar-refractivity contribution in [2.45, 2.75) is 0 Å². The van der Waals surface area contributed by atoms with E-state index in [2.05, 4.69) is 35.3 Å². The number of rotatable bonds is 3. The molecule has 0 fully saturated rings. The predicted octanol–water partition coefficient (Wildman–Crippen LogP) is 5.31. The van der Waals surface area contributed by atoms with Crippen molar-refractivity contribution in [1.29, 1.82) is 0 Å². The zero-order valence-corrected chi connectivity index (χ0v) is 12.5. The normalized spacial score (nSPS) is 10.8. The number of aromatic nitrogens is 1. The Labute approximate surface area is 134 Å². The number of hydrogen-bond acceptors (Lipinski definition) is 1. The molecule has 0 saturated heterocycles. The number of H-pyrrole nitrogens is 1. The Morgan fingerprint density at radius 1 is 0.739 bits per heavy atom. The number of carbonyl (C=O) groups excluding carboxylic acids is 1. The van der Waals surface area contributed by atoms with Crippen molar-refractivity contribution in [2.24, 2.45) is 0 Å². The van der Waals surface area contributed by atoms with Crippen molar-refractivity contribution in [3.8, 4) is 22.4 Å². The van der Waals surface area contributed by atoms with E-state index >= 15 is 0 Å². The molecule has 0 atom stereocenters. The number of fused-ring (bicyclic) bond motifs is 1. The molecule has 110 valence electrons. The summed E-state index contributed by atoms with van der Waals surface area (Å²) in [5.74, 6) is 0. The van der Waals surface area contributed by atoms with Crippen LogP contribution < -0.4 is 0 Å². The first-order chi connectivity index (χ1) is 11.4. The lowest BCUT2D eigenvalue weighted by atomic mass is 9.97. The van der Waals surface area contributed by atoms with Crippen LogP contribution in [0.2, 0.25) is 0 Å². The number of aldehydes is 1. The van der Waals surface area contributed by atoms with Gasteiger partial charge in [-0.25, -0.2) is 0 Å². The monoisotopic (exact) mass is 297 g/mol. The van der Waals surface area contributed by atoms with Crippen molar-refractivity contribution in [3.63, 3.8) is 0 Å². The van der Waals surface area contributed by atoms with Crippen LogP contribution in [0.5, 0.6) is 0 Å². The van der Waals surface area contributed by atoms with E-state index in [1.54, 1.807) is 0 Å². The highest BCUT2D eigenvalue weighted by Gasteiger charge is 2.14. The Morgan fingerprint density at radius 3 is 2.30 bits per heavy atom. The largest absolute Gasteiger partial charge is 0.354 e. The molecule has 0 aliphatic heterocycles. The Bertz CT molecular complexity index is 983. The SMILES string of the molecule is O=Cc1cccc(-c2c(-c3ccccc3)[nH]c3ccccc23)c1. The van der Waals surface area contributed by atoms with Crippen molar-refractivity contribution < 1.29 is 4.79 Å².